The Morgan fingerprint density at radius 2 is 1.94 bits per heavy atom. The van der Waals surface area contributed by atoms with Crippen LogP contribution in [0.15, 0.2) is 24.3 Å². The Morgan fingerprint density at radius 1 is 1.29 bits per heavy atom. The van der Waals surface area contributed by atoms with Gasteiger partial charge in [-0.15, -0.1) is 0 Å². The molecule has 1 N–H and O–H groups in total. The maximum absolute atomic E-state index is 11.8. The molecule has 0 fully saturated rings. The molecule has 17 heavy (non-hydrogen) atoms. The number of rotatable bonds is 3. The number of carbonyl (C=O) groups excluding carboxylic acids is 1. The lowest BCUT2D eigenvalue weighted by Gasteiger charge is -2.13. The van der Waals surface area contributed by atoms with Gasteiger partial charge in [0.1, 0.15) is 0 Å². The second kappa shape index (κ2) is 5.30. The van der Waals surface area contributed by atoms with E-state index in [0.717, 1.165) is 17.2 Å². The number of carbonyl (C=O) groups is 2. The molecular formula is C13H15NO3. The van der Waals surface area contributed by atoms with E-state index in [2.05, 4.69) is 0 Å². The lowest BCUT2D eigenvalue weighted by Crippen LogP contribution is -2.22. The summed E-state index contributed by atoms with van der Waals surface area (Å²) in [5.41, 5.74) is 2.10. The summed E-state index contributed by atoms with van der Waals surface area (Å²) in [6.07, 6.45) is 2.55. The van der Waals surface area contributed by atoms with Gasteiger partial charge in [-0.1, -0.05) is 12.1 Å². The third kappa shape index (κ3) is 3.17. The van der Waals surface area contributed by atoms with Crippen molar-refractivity contribution in [2.24, 2.45) is 0 Å². The van der Waals surface area contributed by atoms with Crippen molar-refractivity contribution in [2.75, 3.05) is 14.1 Å². The smallest absolute Gasteiger partial charge is 0.328 e. The average molecular weight is 233 g/mol. The zero-order chi connectivity index (χ0) is 13.0. The summed E-state index contributed by atoms with van der Waals surface area (Å²) >= 11 is 0. The summed E-state index contributed by atoms with van der Waals surface area (Å²) in [6.45, 7) is 1.80. The van der Waals surface area contributed by atoms with Crippen LogP contribution >= 0.6 is 0 Å². The van der Waals surface area contributed by atoms with E-state index in [4.69, 9.17) is 5.11 Å². The highest BCUT2D eigenvalue weighted by Gasteiger charge is 2.12. The molecule has 1 aromatic rings. The predicted molar refractivity (Wildman–Crippen MR) is 65.9 cm³/mol. The zero-order valence-corrected chi connectivity index (χ0v) is 10.1. The minimum absolute atomic E-state index is 0.0897. The van der Waals surface area contributed by atoms with Gasteiger partial charge in [0.15, 0.2) is 0 Å². The van der Waals surface area contributed by atoms with Crippen LogP contribution in [-0.4, -0.2) is 36.0 Å². The fourth-order valence-electron chi connectivity index (χ4n) is 1.47. The molecule has 1 aromatic carbocycles. The lowest BCUT2D eigenvalue weighted by molar-refractivity contribution is -0.131. The third-order valence-electron chi connectivity index (χ3n) is 2.42. The van der Waals surface area contributed by atoms with Gasteiger partial charge in [0.2, 0.25) is 0 Å². The van der Waals surface area contributed by atoms with Crippen molar-refractivity contribution in [1.82, 2.24) is 4.90 Å². The molecule has 1 amide bonds. The number of amides is 1. The van der Waals surface area contributed by atoms with E-state index in [1.807, 2.05) is 0 Å². The summed E-state index contributed by atoms with van der Waals surface area (Å²) in [7, 11) is 3.36. The van der Waals surface area contributed by atoms with E-state index in [1.54, 1.807) is 39.2 Å². The second-order valence-electron chi connectivity index (χ2n) is 3.89. The van der Waals surface area contributed by atoms with Gasteiger partial charge in [-0.05, 0) is 30.2 Å². The molecule has 0 aromatic heterocycles. The molecule has 0 radical (unpaired) electrons. The van der Waals surface area contributed by atoms with Crippen molar-refractivity contribution in [3.63, 3.8) is 0 Å². The number of carboxylic acid groups (broad SMARTS) is 1. The molecule has 0 unspecified atom stereocenters. The molecule has 0 atom stereocenters. The summed E-state index contributed by atoms with van der Waals surface area (Å²) in [5.74, 6) is -1.10. The van der Waals surface area contributed by atoms with E-state index in [1.165, 1.54) is 11.0 Å². The number of hydrogen-bond donors (Lipinski definition) is 1. The molecular weight excluding hydrogens is 218 g/mol. The largest absolute Gasteiger partial charge is 0.478 e. The average Bonchev–Trinajstić information content (AvgIpc) is 2.26. The van der Waals surface area contributed by atoms with Crippen LogP contribution in [0.1, 0.15) is 21.5 Å². The minimum atomic E-state index is -1.01. The van der Waals surface area contributed by atoms with Crippen molar-refractivity contribution in [2.45, 2.75) is 6.92 Å². The molecule has 4 heteroatoms. The van der Waals surface area contributed by atoms with Crippen LogP contribution in [-0.2, 0) is 4.79 Å². The number of carboxylic acids is 1. The van der Waals surface area contributed by atoms with Crippen molar-refractivity contribution in [3.8, 4) is 0 Å². The number of hydrogen-bond acceptors (Lipinski definition) is 2. The van der Waals surface area contributed by atoms with Gasteiger partial charge in [0.05, 0.1) is 0 Å². The van der Waals surface area contributed by atoms with Crippen LogP contribution in [0.4, 0.5) is 0 Å². The fourth-order valence-corrected chi connectivity index (χ4v) is 1.47. The van der Waals surface area contributed by atoms with E-state index >= 15 is 0 Å². The number of nitrogens with zero attached hydrogens (tertiary/aromatic N) is 1. The van der Waals surface area contributed by atoms with Crippen molar-refractivity contribution < 1.29 is 14.7 Å². The van der Waals surface area contributed by atoms with Crippen LogP contribution in [0.2, 0.25) is 0 Å². The Kier molecular flexibility index (Phi) is 4.04. The molecule has 1 rings (SSSR count). The van der Waals surface area contributed by atoms with Crippen LogP contribution in [0.5, 0.6) is 0 Å². The lowest BCUT2D eigenvalue weighted by atomic mass is 10.0. The molecule has 0 aliphatic heterocycles. The van der Waals surface area contributed by atoms with E-state index in [-0.39, 0.29) is 5.91 Å². The molecule has 0 saturated heterocycles. The highest BCUT2D eigenvalue weighted by molar-refractivity contribution is 5.96. The summed E-state index contributed by atoms with van der Waals surface area (Å²) in [4.78, 5) is 23.8. The molecule has 0 heterocycles. The summed E-state index contributed by atoms with van der Waals surface area (Å²) in [5, 5.41) is 8.57. The Bertz CT molecular complexity index is 476. The zero-order valence-electron chi connectivity index (χ0n) is 10.1. The first-order valence-corrected chi connectivity index (χ1v) is 5.15. The van der Waals surface area contributed by atoms with Crippen molar-refractivity contribution in [3.05, 3.63) is 41.0 Å². The molecule has 0 bridgehead atoms. The van der Waals surface area contributed by atoms with Gasteiger partial charge in [-0.25, -0.2) is 4.79 Å². The topological polar surface area (TPSA) is 57.6 Å². The highest BCUT2D eigenvalue weighted by Crippen LogP contribution is 2.16. The first kappa shape index (κ1) is 13.0. The monoisotopic (exact) mass is 233 g/mol. The Hall–Kier alpha value is -2.10. The molecule has 90 valence electrons. The minimum Gasteiger partial charge on any atom is -0.478 e. The SMILES string of the molecule is Cc1c(C=CC(=O)O)cccc1C(=O)N(C)C. The maximum atomic E-state index is 11.8. The summed E-state index contributed by atoms with van der Waals surface area (Å²) in [6, 6.07) is 5.25. The van der Waals surface area contributed by atoms with Gasteiger partial charge >= 0.3 is 5.97 Å². The molecule has 0 aliphatic rings. The van der Waals surface area contributed by atoms with Crippen LogP contribution in [0.25, 0.3) is 6.08 Å². The molecule has 0 aliphatic carbocycles. The standard InChI is InChI=1S/C13H15NO3/c1-9-10(7-8-12(15)16)5-4-6-11(9)13(17)14(2)3/h4-8H,1-3H3,(H,15,16). The molecule has 0 saturated carbocycles. The van der Waals surface area contributed by atoms with Gasteiger partial charge in [-0.2, -0.15) is 0 Å². The second-order valence-corrected chi connectivity index (χ2v) is 3.89. The Balaban J connectivity index is 3.16. The molecule has 0 spiro atoms. The Morgan fingerprint density at radius 3 is 2.47 bits per heavy atom. The van der Waals surface area contributed by atoms with E-state index in [9.17, 15) is 9.59 Å². The number of benzene rings is 1. The van der Waals surface area contributed by atoms with Gasteiger partial charge in [0.25, 0.3) is 5.91 Å². The fraction of sp³-hybridized carbons (Fsp3) is 0.231. The van der Waals surface area contributed by atoms with E-state index < -0.39 is 5.97 Å². The van der Waals surface area contributed by atoms with Crippen LogP contribution < -0.4 is 0 Å². The van der Waals surface area contributed by atoms with Crippen molar-refractivity contribution in [1.29, 1.82) is 0 Å². The Labute approximate surface area is 100 Å². The predicted octanol–water partition coefficient (Wildman–Crippen LogP) is 1.79. The van der Waals surface area contributed by atoms with Gasteiger partial charge in [0, 0.05) is 25.7 Å². The number of aliphatic carboxylic acids is 1. The van der Waals surface area contributed by atoms with Crippen LogP contribution in [0.3, 0.4) is 0 Å². The van der Waals surface area contributed by atoms with Crippen LogP contribution in [0, 0.1) is 6.92 Å². The van der Waals surface area contributed by atoms with Gasteiger partial charge < -0.3 is 10.0 Å². The van der Waals surface area contributed by atoms with E-state index in [0.29, 0.717) is 5.56 Å². The maximum Gasteiger partial charge on any atom is 0.328 e. The van der Waals surface area contributed by atoms with Gasteiger partial charge in [-0.3, -0.25) is 4.79 Å². The first-order valence-electron chi connectivity index (χ1n) is 5.15. The molecule has 4 nitrogen and oxygen atoms in total. The first-order chi connectivity index (χ1) is 7.93. The third-order valence-corrected chi connectivity index (χ3v) is 2.42. The highest BCUT2D eigenvalue weighted by atomic mass is 16.4. The van der Waals surface area contributed by atoms with Crippen molar-refractivity contribution >= 4 is 18.0 Å². The normalized spacial score (nSPS) is 10.5. The summed E-state index contributed by atoms with van der Waals surface area (Å²) < 4.78 is 0. The quantitative estimate of drug-likeness (QED) is 0.810.